The summed E-state index contributed by atoms with van der Waals surface area (Å²) in [7, 11) is 0.0592. The molecule has 12 heteroatoms. The van der Waals surface area contributed by atoms with Crippen LogP contribution in [0.4, 0.5) is 17.3 Å². The zero-order valence-corrected chi connectivity index (χ0v) is 19.5. The smallest absolute Gasteiger partial charge is 0.257 e. The SMILES string of the molecule is CN(C)CCNS(=O)(=O)c1cccc(Nc2ncc(NC(=O)c3cc(O)ccc3Cl)cn2)c1. The highest BCUT2D eigenvalue weighted by molar-refractivity contribution is 7.89. The average molecular weight is 491 g/mol. The molecule has 1 aromatic heterocycles. The van der Waals surface area contributed by atoms with Gasteiger partial charge in [0.05, 0.1) is 33.6 Å². The topological polar surface area (TPSA) is 137 Å². The van der Waals surface area contributed by atoms with Crippen LogP contribution in [0.25, 0.3) is 0 Å². The highest BCUT2D eigenvalue weighted by Crippen LogP contribution is 2.23. The summed E-state index contributed by atoms with van der Waals surface area (Å²) < 4.78 is 27.5. The standard InChI is InChI=1S/C21H23ClN6O4S/c1-28(2)9-8-25-33(31,32)17-5-3-4-14(10-17)27-21-23-12-15(13-24-21)26-20(30)18-11-16(29)6-7-19(18)22/h3-7,10-13,25,29H,8-9H2,1-2H3,(H,26,30)(H,23,24,27). The van der Waals surface area contributed by atoms with Crippen LogP contribution in [-0.4, -0.2) is 61.5 Å². The number of halogens is 1. The van der Waals surface area contributed by atoms with Crippen LogP contribution in [-0.2, 0) is 10.0 Å². The fourth-order valence-corrected chi connectivity index (χ4v) is 3.97. The van der Waals surface area contributed by atoms with Gasteiger partial charge in [0.15, 0.2) is 0 Å². The normalized spacial score (nSPS) is 11.4. The zero-order chi connectivity index (χ0) is 24.0. The number of hydrogen-bond donors (Lipinski definition) is 4. The lowest BCUT2D eigenvalue weighted by atomic mass is 10.2. The number of rotatable bonds is 9. The lowest BCUT2D eigenvalue weighted by molar-refractivity contribution is 0.102. The van der Waals surface area contributed by atoms with Gasteiger partial charge < -0.3 is 20.6 Å². The molecule has 2 aromatic carbocycles. The van der Waals surface area contributed by atoms with Gasteiger partial charge in [0.1, 0.15) is 5.75 Å². The predicted octanol–water partition coefficient (Wildman–Crippen LogP) is 2.67. The first-order valence-corrected chi connectivity index (χ1v) is 11.6. The summed E-state index contributed by atoms with van der Waals surface area (Å²) in [6.45, 7) is 0.864. The number of amides is 1. The van der Waals surface area contributed by atoms with Crippen molar-refractivity contribution < 1.29 is 18.3 Å². The fraction of sp³-hybridized carbons (Fsp3) is 0.190. The quantitative estimate of drug-likeness (QED) is 0.359. The van der Waals surface area contributed by atoms with Crippen LogP contribution in [0, 0.1) is 0 Å². The Morgan fingerprint density at radius 3 is 2.52 bits per heavy atom. The maximum atomic E-state index is 12.5. The molecule has 10 nitrogen and oxygen atoms in total. The molecule has 0 fully saturated rings. The lowest BCUT2D eigenvalue weighted by Gasteiger charge is -2.12. The molecule has 0 saturated heterocycles. The van der Waals surface area contributed by atoms with Gasteiger partial charge in [0.25, 0.3) is 5.91 Å². The van der Waals surface area contributed by atoms with E-state index < -0.39 is 15.9 Å². The molecular formula is C21H23ClN6O4S. The first kappa shape index (κ1) is 24.4. The first-order valence-electron chi connectivity index (χ1n) is 9.77. The lowest BCUT2D eigenvalue weighted by Crippen LogP contribution is -2.31. The van der Waals surface area contributed by atoms with E-state index in [2.05, 4.69) is 25.3 Å². The number of likely N-dealkylation sites (N-methyl/N-ethyl adjacent to an activating group) is 1. The number of carbonyl (C=O) groups excluding carboxylic acids is 1. The van der Waals surface area contributed by atoms with E-state index in [-0.39, 0.29) is 33.7 Å². The molecule has 1 heterocycles. The van der Waals surface area contributed by atoms with Crippen LogP contribution in [0.2, 0.25) is 5.02 Å². The van der Waals surface area contributed by atoms with E-state index in [4.69, 9.17) is 11.6 Å². The molecule has 1 amide bonds. The van der Waals surface area contributed by atoms with Crippen molar-refractivity contribution in [1.29, 1.82) is 0 Å². The van der Waals surface area contributed by atoms with E-state index in [0.717, 1.165) is 0 Å². The average Bonchev–Trinajstić information content (AvgIpc) is 2.76. The number of phenolic OH excluding ortho intramolecular Hbond substituents is 1. The van der Waals surface area contributed by atoms with Gasteiger partial charge in [-0.25, -0.2) is 23.1 Å². The number of anilines is 3. The number of hydrogen-bond acceptors (Lipinski definition) is 8. The van der Waals surface area contributed by atoms with Crippen LogP contribution in [0.5, 0.6) is 5.75 Å². The van der Waals surface area contributed by atoms with Crippen molar-refractivity contribution in [3.05, 3.63) is 65.4 Å². The number of benzene rings is 2. The Morgan fingerprint density at radius 2 is 1.82 bits per heavy atom. The van der Waals surface area contributed by atoms with E-state index in [1.807, 2.05) is 19.0 Å². The molecule has 174 valence electrons. The highest BCUT2D eigenvalue weighted by atomic mass is 35.5. The van der Waals surface area contributed by atoms with E-state index in [1.165, 1.54) is 42.7 Å². The molecule has 0 radical (unpaired) electrons. The molecule has 0 bridgehead atoms. The van der Waals surface area contributed by atoms with E-state index >= 15 is 0 Å². The fourth-order valence-electron chi connectivity index (χ4n) is 2.70. The number of carbonyl (C=O) groups is 1. The van der Waals surface area contributed by atoms with Crippen LogP contribution >= 0.6 is 11.6 Å². The number of nitrogens with zero attached hydrogens (tertiary/aromatic N) is 3. The van der Waals surface area contributed by atoms with E-state index in [1.54, 1.807) is 12.1 Å². The summed E-state index contributed by atoms with van der Waals surface area (Å²) in [5.74, 6) is -0.407. The predicted molar refractivity (Wildman–Crippen MR) is 127 cm³/mol. The Kier molecular flexibility index (Phi) is 7.82. The molecule has 0 aliphatic carbocycles. The first-order chi connectivity index (χ1) is 15.6. The van der Waals surface area contributed by atoms with Crippen molar-refractivity contribution in [3.63, 3.8) is 0 Å². The maximum Gasteiger partial charge on any atom is 0.257 e. The Bertz CT molecular complexity index is 1240. The molecule has 0 aliphatic rings. The third-order valence-corrected chi connectivity index (χ3v) is 6.14. The van der Waals surface area contributed by atoms with Gasteiger partial charge in [0, 0.05) is 18.8 Å². The second-order valence-electron chi connectivity index (χ2n) is 7.27. The van der Waals surface area contributed by atoms with Crippen LogP contribution < -0.4 is 15.4 Å². The summed E-state index contributed by atoms with van der Waals surface area (Å²) in [6.07, 6.45) is 2.76. The summed E-state index contributed by atoms with van der Waals surface area (Å²) in [5, 5.41) is 15.3. The summed E-state index contributed by atoms with van der Waals surface area (Å²) >= 11 is 6.00. The van der Waals surface area contributed by atoms with Gasteiger partial charge in [-0.15, -0.1) is 0 Å². The largest absolute Gasteiger partial charge is 0.508 e. The summed E-state index contributed by atoms with van der Waals surface area (Å²) in [5.41, 5.74) is 0.899. The van der Waals surface area contributed by atoms with Crippen LogP contribution in [0.3, 0.4) is 0 Å². The van der Waals surface area contributed by atoms with Gasteiger partial charge in [-0.05, 0) is 50.5 Å². The molecule has 0 saturated carbocycles. The molecule has 3 aromatic rings. The Labute approximate surface area is 196 Å². The van der Waals surface area contributed by atoms with Crippen LogP contribution in [0.15, 0.2) is 59.8 Å². The van der Waals surface area contributed by atoms with Gasteiger partial charge in [0.2, 0.25) is 16.0 Å². The second-order valence-corrected chi connectivity index (χ2v) is 9.44. The van der Waals surface area contributed by atoms with Crippen molar-refractivity contribution in [1.82, 2.24) is 19.6 Å². The van der Waals surface area contributed by atoms with Crippen LogP contribution in [0.1, 0.15) is 10.4 Å². The minimum absolute atomic E-state index is 0.0857. The third-order valence-electron chi connectivity index (χ3n) is 4.36. The number of aromatic nitrogens is 2. The van der Waals surface area contributed by atoms with Gasteiger partial charge in [-0.1, -0.05) is 17.7 Å². The Hall–Kier alpha value is -3.25. The highest BCUT2D eigenvalue weighted by Gasteiger charge is 2.15. The Balaban J connectivity index is 1.66. The molecule has 0 aliphatic heterocycles. The van der Waals surface area contributed by atoms with Crippen molar-refractivity contribution in [2.24, 2.45) is 0 Å². The van der Waals surface area contributed by atoms with Crippen molar-refractivity contribution >= 4 is 44.9 Å². The molecule has 33 heavy (non-hydrogen) atoms. The number of phenols is 1. The van der Waals surface area contributed by atoms with E-state index in [0.29, 0.717) is 17.9 Å². The van der Waals surface area contributed by atoms with Gasteiger partial charge >= 0.3 is 0 Å². The number of aromatic hydroxyl groups is 1. The minimum Gasteiger partial charge on any atom is -0.508 e. The third kappa shape index (κ3) is 6.86. The molecule has 4 N–H and O–H groups in total. The van der Waals surface area contributed by atoms with Crippen molar-refractivity contribution in [2.45, 2.75) is 4.90 Å². The molecular weight excluding hydrogens is 468 g/mol. The second kappa shape index (κ2) is 10.6. The molecule has 0 spiro atoms. The summed E-state index contributed by atoms with van der Waals surface area (Å²) in [4.78, 5) is 22.6. The summed E-state index contributed by atoms with van der Waals surface area (Å²) in [6, 6.07) is 10.3. The number of nitrogens with one attached hydrogen (secondary N) is 3. The molecule has 0 unspecified atom stereocenters. The molecule has 3 rings (SSSR count). The van der Waals surface area contributed by atoms with Gasteiger partial charge in [-0.2, -0.15) is 0 Å². The monoisotopic (exact) mass is 490 g/mol. The van der Waals surface area contributed by atoms with Crippen molar-refractivity contribution in [2.75, 3.05) is 37.8 Å². The number of sulfonamides is 1. The van der Waals surface area contributed by atoms with E-state index in [9.17, 15) is 18.3 Å². The zero-order valence-electron chi connectivity index (χ0n) is 17.9. The Morgan fingerprint density at radius 1 is 1.09 bits per heavy atom. The van der Waals surface area contributed by atoms with Crippen molar-refractivity contribution in [3.8, 4) is 5.75 Å². The van der Waals surface area contributed by atoms with Gasteiger partial charge in [-0.3, -0.25) is 4.79 Å². The molecule has 0 atom stereocenters. The maximum absolute atomic E-state index is 12.5. The minimum atomic E-state index is -3.66.